The standard InChI is InChI=1S/C22H29F3NO3P/c1-3-5-16-28-30(27,29-17-6-4-2)21(26-18-12-8-7-9-13-18)19-14-10-11-15-20(19)22(23,24)25/h7-15,21,26H,3-6,16-17H2,1-2H3/t21-/m0/s1. The Bertz CT molecular complexity index is 801. The molecule has 0 spiro atoms. The van der Waals surface area contributed by atoms with Crippen LogP contribution in [0, 0.1) is 0 Å². The summed E-state index contributed by atoms with van der Waals surface area (Å²) in [6, 6.07) is 13.8. The molecule has 2 aromatic rings. The maximum absolute atomic E-state index is 13.9. The van der Waals surface area contributed by atoms with Crippen molar-refractivity contribution < 1.29 is 26.8 Å². The molecule has 0 saturated heterocycles. The van der Waals surface area contributed by atoms with Crippen LogP contribution in [0.1, 0.15) is 56.4 Å². The predicted octanol–water partition coefficient (Wildman–Crippen LogP) is 7.64. The number of hydrogen-bond donors (Lipinski definition) is 1. The highest BCUT2D eigenvalue weighted by Gasteiger charge is 2.43. The largest absolute Gasteiger partial charge is 0.416 e. The molecule has 0 aromatic heterocycles. The molecule has 0 radical (unpaired) electrons. The summed E-state index contributed by atoms with van der Waals surface area (Å²) in [7, 11) is -3.98. The predicted molar refractivity (Wildman–Crippen MR) is 114 cm³/mol. The number of benzene rings is 2. The fourth-order valence-corrected chi connectivity index (χ4v) is 4.88. The van der Waals surface area contributed by atoms with Crippen molar-refractivity contribution in [1.82, 2.24) is 0 Å². The van der Waals surface area contributed by atoms with Crippen LogP contribution in [0.15, 0.2) is 54.6 Å². The van der Waals surface area contributed by atoms with E-state index in [0.717, 1.165) is 18.9 Å². The lowest BCUT2D eigenvalue weighted by atomic mass is 10.1. The number of rotatable bonds is 12. The molecule has 0 aliphatic carbocycles. The van der Waals surface area contributed by atoms with E-state index >= 15 is 0 Å². The SMILES string of the molecule is CCCCOP(=O)(OCCCC)[C@H](Nc1ccccc1)c1ccccc1C(F)(F)F. The molecule has 0 heterocycles. The van der Waals surface area contributed by atoms with Gasteiger partial charge in [0.1, 0.15) is 0 Å². The Morgan fingerprint density at radius 3 is 1.97 bits per heavy atom. The minimum absolute atomic E-state index is 0.140. The average molecular weight is 443 g/mol. The Kier molecular flexibility index (Phi) is 9.40. The summed E-state index contributed by atoms with van der Waals surface area (Å²) < 4.78 is 66.5. The molecule has 0 aliphatic rings. The first kappa shape index (κ1) is 24.4. The van der Waals surface area contributed by atoms with E-state index in [0.29, 0.717) is 18.5 Å². The lowest BCUT2D eigenvalue weighted by molar-refractivity contribution is -0.138. The third-order valence-corrected chi connectivity index (χ3v) is 6.62. The lowest BCUT2D eigenvalue weighted by Gasteiger charge is -2.30. The van der Waals surface area contributed by atoms with Crippen LogP contribution in [0.4, 0.5) is 18.9 Å². The third kappa shape index (κ3) is 6.86. The van der Waals surface area contributed by atoms with Crippen molar-refractivity contribution >= 4 is 13.3 Å². The van der Waals surface area contributed by atoms with Crippen molar-refractivity contribution in [2.75, 3.05) is 18.5 Å². The zero-order valence-electron chi connectivity index (χ0n) is 17.3. The molecule has 166 valence electrons. The molecule has 0 bridgehead atoms. The first-order valence-electron chi connectivity index (χ1n) is 10.2. The van der Waals surface area contributed by atoms with Gasteiger partial charge >= 0.3 is 13.8 Å². The second-order valence-corrected chi connectivity index (χ2v) is 9.02. The molecule has 2 aromatic carbocycles. The molecule has 1 N–H and O–H groups in total. The van der Waals surface area contributed by atoms with Gasteiger partial charge < -0.3 is 14.4 Å². The molecule has 1 atom stereocenters. The van der Waals surface area contributed by atoms with Crippen LogP contribution in [0.3, 0.4) is 0 Å². The van der Waals surface area contributed by atoms with Crippen LogP contribution < -0.4 is 5.32 Å². The summed E-state index contributed by atoms with van der Waals surface area (Å²) in [5.74, 6) is -1.30. The van der Waals surface area contributed by atoms with E-state index in [1.165, 1.54) is 18.2 Å². The average Bonchev–Trinajstić information content (AvgIpc) is 2.72. The summed E-state index contributed by atoms with van der Waals surface area (Å²) in [4.78, 5) is 0. The summed E-state index contributed by atoms with van der Waals surface area (Å²) in [6.45, 7) is 4.18. The van der Waals surface area contributed by atoms with E-state index in [-0.39, 0.29) is 18.8 Å². The van der Waals surface area contributed by atoms with Gasteiger partial charge in [-0.05, 0) is 36.6 Å². The smallest absolute Gasteiger partial charge is 0.368 e. The van der Waals surface area contributed by atoms with Gasteiger partial charge in [-0.3, -0.25) is 4.57 Å². The molecular weight excluding hydrogens is 414 g/mol. The minimum Gasteiger partial charge on any atom is -0.368 e. The molecule has 4 nitrogen and oxygen atoms in total. The number of alkyl halides is 3. The van der Waals surface area contributed by atoms with Gasteiger partial charge in [0.25, 0.3) is 0 Å². The Morgan fingerprint density at radius 1 is 0.900 bits per heavy atom. The molecule has 0 fully saturated rings. The molecule has 0 aliphatic heterocycles. The normalized spacial score (nSPS) is 13.2. The highest BCUT2D eigenvalue weighted by molar-refractivity contribution is 7.54. The van der Waals surface area contributed by atoms with Crippen molar-refractivity contribution in [3.63, 3.8) is 0 Å². The van der Waals surface area contributed by atoms with Crippen molar-refractivity contribution in [3.8, 4) is 0 Å². The van der Waals surface area contributed by atoms with E-state index in [1.807, 2.05) is 13.8 Å². The Hall–Kier alpha value is -1.82. The number of hydrogen-bond acceptors (Lipinski definition) is 4. The number of para-hydroxylation sites is 1. The summed E-state index contributed by atoms with van der Waals surface area (Å²) >= 11 is 0. The number of unbranched alkanes of at least 4 members (excludes halogenated alkanes) is 2. The number of halogens is 3. The highest BCUT2D eigenvalue weighted by Crippen LogP contribution is 2.62. The van der Waals surface area contributed by atoms with Gasteiger partial charge in [-0.1, -0.05) is 63.1 Å². The highest BCUT2D eigenvalue weighted by atomic mass is 31.2. The zero-order valence-corrected chi connectivity index (χ0v) is 18.2. The zero-order chi connectivity index (χ0) is 22.0. The molecule has 0 unspecified atom stereocenters. The van der Waals surface area contributed by atoms with Crippen LogP contribution in [0.5, 0.6) is 0 Å². The third-order valence-electron chi connectivity index (χ3n) is 4.49. The molecule has 0 saturated carbocycles. The van der Waals surface area contributed by atoms with Crippen LogP contribution in [0.25, 0.3) is 0 Å². The Balaban J connectivity index is 2.53. The number of anilines is 1. The van der Waals surface area contributed by atoms with Gasteiger partial charge in [0, 0.05) is 5.69 Å². The van der Waals surface area contributed by atoms with Gasteiger partial charge in [-0.15, -0.1) is 0 Å². The maximum Gasteiger partial charge on any atom is 0.416 e. The van der Waals surface area contributed by atoms with Gasteiger partial charge in [0.2, 0.25) is 0 Å². The van der Waals surface area contributed by atoms with Crippen molar-refractivity contribution in [1.29, 1.82) is 0 Å². The summed E-state index contributed by atoms with van der Waals surface area (Å²) in [5, 5.41) is 2.99. The topological polar surface area (TPSA) is 47.6 Å². The van der Waals surface area contributed by atoms with E-state index in [9.17, 15) is 17.7 Å². The monoisotopic (exact) mass is 443 g/mol. The first-order chi connectivity index (χ1) is 14.3. The fraction of sp³-hybridized carbons (Fsp3) is 0.455. The van der Waals surface area contributed by atoms with Crippen LogP contribution >= 0.6 is 7.60 Å². The maximum atomic E-state index is 13.9. The molecule has 8 heteroatoms. The van der Waals surface area contributed by atoms with Crippen LogP contribution in [0.2, 0.25) is 0 Å². The van der Waals surface area contributed by atoms with E-state index < -0.39 is 25.1 Å². The fourth-order valence-electron chi connectivity index (χ4n) is 2.87. The molecule has 2 rings (SSSR count). The Morgan fingerprint density at radius 2 is 1.43 bits per heavy atom. The summed E-state index contributed by atoms with van der Waals surface area (Å²) in [6.07, 6.45) is -1.76. The first-order valence-corrected chi connectivity index (χ1v) is 11.8. The van der Waals surface area contributed by atoms with E-state index in [4.69, 9.17) is 9.05 Å². The van der Waals surface area contributed by atoms with E-state index in [2.05, 4.69) is 5.32 Å². The minimum atomic E-state index is -4.61. The van der Waals surface area contributed by atoms with Crippen molar-refractivity contribution in [3.05, 3.63) is 65.7 Å². The van der Waals surface area contributed by atoms with Gasteiger partial charge in [0.05, 0.1) is 18.8 Å². The quantitative estimate of drug-likeness (QED) is 0.270. The lowest BCUT2D eigenvalue weighted by Crippen LogP contribution is -2.20. The van der Waals surface area contributed by atoms with Crippen LogP contribution in [-0.2, 0) is 19.8 Å². The van der Waals surface area contributed by atoms with E-state index in [1.54, 1.807) is 30.3 Å². The molecule has 30 heavy (non-hydrogen) atoms. The molecular formula is C22H29F3NO3P. The second-order valence-electron chi connectivity index (χ2n) is 6.91. The van der Waals surface area contributed by atoms with Crippen molar-refractivity contribution in [2.24, 2.45) is 0 Å². The molecule has 0 amide bonds. The second kappa shape index (κ2) is 11.5. The number of nitrogens with one attached hydrogen (secondary N) is 1. The van der Waals surface area contributed by atoms with Gasteiger partial charge in [0.15, 0.2) is 5.78 Å². The Labute approximate surface area is 176 Å². The van der Waals surface area contributed by atoms with Crippen LogP contribution in [-0.4, -0.2) is 13.2 Å². The summed E-state index contributed by atoms with van der Waals surface area (Å²) in [5.41, 5.74) is -0.500. The van der Waals surface area contributed by atoms with Crippen molar-refractivity contribution in [2.45, 2.75) is 51.5 Å². The van der Waals surface area contributed by atoms with Gasteiger partial charge in [-0.2, -0.15) is 13.2 Å². The van der Waals surface area contributed by atoms with Gasteiger partial charge in [-0.25, -0.2) is 0 Å².